The van der Waals surface area contributed by atoms with Gasteiger partial charge in [0.2, 0.25) is 10.0 Å². The van der Waals surface area contributed by atoms with E-state index >= 15 is 0 Å². The molecule has 0 amide bonds. The fraction of sp³-hybridized carbons (Fsp3) is 0.600. The number of benzene rings is 1. The lowest BCUT2D eigenvalue weighted by atomic mass is 10.0. The molecule has 1 aromatic carbocycles. The van der Waals surface area contributed by atoms with Crippen LogP contribution in [0.2, 0.25) is 0 Å². The highest BCUT2D eigenvalue weighted by atomic mass is 32.2. The molecule has 6 heteroatoms. The van der Waals surface area contributed by atoms with E-state index in [0.29, 0.717) is 30.3 Å². The molecule has 1 heterocycles. The molecule has 0 atom stereocenters. The van der Waals surface area contributed by atoms with Crippen LogP contribution in [0.15, 0.2) is 23.1 Å². The van der Waals surface area contributed by atoms with Gasteiger partial charge in [-0.3, -0.25) is 0 Å². The summed E-state index contributed by atoms with van der Waals surface area (Å²) in [7, 11) is -3.48. The van der Waals surface area contributed by atoms with E-state index in [0.717, 1.165) is 37.2 Å². The number of rotatable bonds is 6. The van der Waals surface area contributed by atoms with E-state index < -0.39 is 10.0 Å². The molecule has 2 rings (SSSR count). The first-order valence-electron chi connectivity index (χ1n) is 7.46. The standard InChI is InChI=1S/C15H24N2O3S/c1-2-14-4-3-13(10-16)9-15(14)21(18,19)17-11-12-5-7-20-8-6-12/h3-4,9,12,17H,2,5-8,10-11,16H2,1H3. The fourth-order valence-electron chi connectivity index (χ4n) is 2.52. The molecule has 3 N–H and O–H groups in total. The number of hydrogen-bond donors (Lipinski definition) is 2. The maximum Gasteiger partial charge on any atom is 0.240 e. The minimum Gasteiger partial charge on any atom is -0.381 e. The predicted molar refractivity (Wildman–Crippen MR) is 82.4 cm³/mol. The maximum absolute atomic E-state index is 12.5. The molecule has 0 unspecified atom stereocenters. The number of ether oxygens (including phenoxy) is 1. The van der Waals surface area contributed by atoms with Gasteiger partial charge in [0, 0.05) is 26.3 Å². The van der Waals surface area contributed by atoms with Crippen LogP contribution in [0.3, 0.4) is 0 Å². The van der Waals surface area contributed by atoms with E-state index in [4.69, 9.17) is 10.5 Å². The van der Waals surface area contributed by atoms with Crippen LogP contribution in [-0.2, 0) is 27.7 Å². The topological polar surface area (TPSA) is 81.4 Å². The molecule has 0 aliphatic carbocycles. The molecule has 21 heavy (non-hydrogen) atoms. The SMILES string of the molecule is CCc1ccc(CN)cc1S(=O)(=O)NCC1CCOCC1. The van der Waals surface area contributed by atoms with Crippen molar-refractivity contribution in [2.45, 2.75) is 37.6 Å². The van der Waals surface area contributed by atoms with E-state index in [1.54, 1.807) is 6.07 Å². The fourth-order valence-corrected chi connectivity index (χ4v) is 4.00. The Balaban J connectivity index is 2.14. The van der Waals surface area contributed by atoms with Gasteiger partial charge in [-0.25, -0.2) is 13.1 Å². The lowest BCUT2D eigenvalue weighted by Crippen LogP contribution is -2.32. The Bertz CT molecular complexity index is 566. The first kappa shape index (κ1) is 16.4. The van der Waals surface area contributed by atoms with E-state index in [9.17, 15) is 8.42 Å². The number of sulfonamides is 1. The third-order valence-electron chi connectivity index (χ3n) is 3.94. The number of nitrogens with two attached hydrogens (primary N) is 1. The molecule has 1 aliphatic heterocycles. The van der Waals surface area contributed by atoms with Crippen LogP contribution in [0.1, 0.15) is 30.9 Å². The first-order valence-corrected chi connectivity index (χ1v) is 8.94. The average molecular weight is 312 g/mol. The van der Waals surface area contributed by atoms with Gasteiger partial charge in [0.05, 0.1) is 4.90 Å². The molecule has 0 saturated carbocycles. The zero-order valence-electron chi connectivity index (χ0n) is 12.5. The Hall–Kier alpha value is -0.950. The van der Waals surface area contributed by atoms with Gasteiger partial charge < -0.3 is 10.5 Å². The maximum atomic E-state index is 12.5. The van der Waals surface area contributed by atoms with Crippen molar-refractivity contribution < 1.29 is 13.2 Å². The summed E-state index contributed by atoms with van der Waals surface area (Å²) in [6.45, 7) is 4.20. The molecular weight excluding hydrogens is 288 g/mol. The van der Waals surface area contributed by atoms with E-state index in [-0.39, 0.29) is 0 Å². The van der Waals surface area contributed by atoms with Gasteiger partial charge in [-0.1, -0.05) is 19.1 Å². The summed E-state index contributed by atoms with van der Waals surface area (Å²) in [4.78, 5) is 0.361. The zero-order valence-corrected chi connectivity index (χ0v) is 13.3. The minimum absolute atomic E-state index is 0.340. The highest BCUT2D eigenvalue weighted by molar-refractivity contribution is 7.89. The van der Waals surface area contributed by atoms with Crippen LogP contribution in [0.4, 0.5) is 0 Å². The Morgan fingerprint density at radius 3 is 2.67 bits per heavy atom. The van der Waals surface area contributed by atoms with Crippen molar-refractivity contribution in [3.8, 4) is 0 Å². The van der Waals surface area contributed by atoms with Gasteiger partial charge in [0.15, 0.2) is 0 Å². The third-order valence-corrected chi connectivity index (χ3v) is 5.45. The quantitative estimate of drug-likeness (QED) is 0.832. The molecular formula is C15H24N2O3S. The van der Waals surface area contributed by atoms with Gasteiger partial charge in [-0.2, -0.15) is 0 Å². The Labute approximate surface area is 126 Å². The smallest absolute Gasteiger partial charge is 0.240 e. The van der Waals surface area contributed by atoms with Gasteiger partial charge in [0.1, 0.15) is 0 Å². The summed E-state index contributed by atoms with van der Waals surface area (Å²) in [5, 5.41) is 0. The lowest BCUT2D eigenvalue weighted by molar-refractivity contribution is 0.0678. The summed E-state index contributed by atoms with van der Waals surface area (Å²) in [6.07, 6.45) is 2.50. The monoisotopic (exact) mass is 312 g/mol. The molecule has 0 bridgehead atoms. The predicted octanol–water partition coefficient (Wildman–Crippen LogP) is 1.41. The van der Waals surface area contributed by atoms with Crippen molar-refractivity contribution >= 4 is 10.0 Å². The van der Waals surface area contributed by atoms with Crippen molar-refractivity contribution in [2.75, 3.05) is 19.8 Å². The minimum atomic E-state index is -3.48. The Morgan fingerprint density at radius 2 is 2.05 bits per heavy atom. The molecule has 1 fully saturated rings. The summed E-state index contributed by atoms with van der Waals surface area (Å²) in [5.74, 6) is 0.358. The van der Waals surface area contributed by atoms with Crippen LogP contribution in [-0.4, -0.2) is 28.2 Å². The summed E-state index contributed by atoms with van der Waals surface area (Å²) in [6, 6.07) is 5.42. The second-order valence-corrected chi connectivity index (χ2v) is 7.14. The van der Waals surface area contributed by atoms with Gasteiger partial charge >= 0.3 is 0 Å². The van der Waals surface area contributed by atoms with Crippen molar-refractivity contribution in [3.05, 3.63) is 29.3 Å². The van der Waals surface area contributed by atoms with Gasteiger partial charge in [-0.15, -0.1) is 0 Å². The summed E-state index contributed by atoms with van der Waals surface area (Å²) < 4.78 is 33.1. The van der Waals surface area contributed by atoms with Crippen LogP contribution in [0.5, 0.6) is 0 Å². The molecule has 1 saturated heterocycles. The number of aryl methyl sites for hydroxylation is 1. The summed E-state index contributed by atoms with van der Waals surface area (Å²) in [5.41, 5.74) is 7.27. The molecule has 1 aliphatic rings. The largest absolute Gasteiger partial charge is 0.381 e. The highest BCUT2D eigenvalue weighted by Gasteiger charge is 2.21. The molecule has 5 nitrogen and oxygen atoms in total. The van der Waals surface area contributed by atoms with Gasteiger partial charge in [0.25, 0.3) is 0 Å². The summed E-state index contributed by atoms with van der Waals surface area (Å²) >= 11 is 0. The van der Waals surface area contributed by atoms with Crippen LogP contribution >= 0.6 is 0 Å². The first-order chi connectivity index (χ1) is 10.1. The third kappa shape index (κ3) is 4.26. The second-order valence-electron chi connectivity index (χ2n) is 5.41. The molecule has 118 valence electrons. The van der Waals surface area contributed by atoms with Crippen molar-refractivity contribution in [3.63, 3.8) is 0 Å². The zero-order chi connectivity index (χ0) is 15.3. The molecule has 0 radical (unpaired) electrons. The molecule has 0 spiro atoms. The van der Waals surface area contributed by atoms with Crippen molar-refractivity contribution in [1.29, 1.82) is 0 Å². The number of nitrogens with one attached hydrogen (secondary N) is 1. The van der Waals surface area contributed by atoms with E-state index in [1.165, 1.54) is 0 Å². The normalized spacial score (nSPS) is 17.0. The molecule has 0 aromatic heterocycles. The highest BCUT2D eigenvalue weighted by Crippen LogP contribution is 2.20. The van der Waals surface area contributed by atoms with Crippen LogP contribution < -0.4 is 10.5 Å². The Kier molecular flexibility index (Phi) is 5.75. The second kappa shape index (κ2) is 7.35. The van der Waals surface area contributed by atoms with Crippen LogP contribution in [0.25, 0.3) is 0 Å². The van der Waals surface area contributed by atoms with Gasteiger partial charge in [-0.05, 0) is 42.4 Å². The van der Waals surface area contributed by atoms with Crippen molar-refractivity contribution in [1.82, 2.24) is 4.72 Å². The number of hydrogen-bond acceptors (Lipinski definition) is 4. The molecule has 1 aromatic rings. The van der Waals surface area contributed by atoms with Crippen molar-refractivity contribution in [2.24, 2.45) is 11.7 Å². The lowest BCUT2D eigenvalue weighted by Gasteiger charge is -2.22. The van der Waals surface area contributed by atoms with E-state index in [2.05, 4.69) is 4.72 Å². The van der Waals surface area contributed by atoms with E-state index in [1.807, 2.05) is 19.1 Å². The average Bonchev–Trinajstić information content (AvgIpc) is 2.53. The van der Waals surface area contributed by atoms with Crippen LogP contribution in [0, 0.1) is 5.92 Å². The Morgan fingerprint density at radius 1 is 1.33 bits per heavy atom.